The molecular weight excluding hydrogens is 433 g/mol. The number of hydrogen-bond donors (Lipinski definition) is 1. The largest absolute Gasteiger partial charge is 0.372 e. The van der Waals surface area contributed by atoms with Crippen molar-refractivity contribution in [3.8, 4) is 0 Å². The van der Waals surface area contributed by atoms with Gasteiger partial charge in [-0.05, 0) is 62.1 Å². The molecule has 2 aromatic rings. The molecule has 0 aromatic heterocycles. The standard InChI is InChI=1S/C24H25Cl2N3O2/c1-3-29-23(30)21(19-9-4-16(25)14-20(19)26)22(24(29)31)27-17-5-7-18(8-6-17)28-12-10-15(2)11-13-28/h4-9,14-15,27H,3,10-13H2,1-2H3. The number of likely N-dealkylation sites (N-methyl/N-ethyl adjacent to an activating group) is 1. The molecule has 7 heteroatoms. The van der Waals surface area contributed by atoms with Gasteiger partial charge in [0.2, 0.25) is 0 Å². The molecule has 2 aliphatic heterocycles. The van der Waals surface area contributed by atoms with Crippen LogP contribution in [0.25, 0.3) is 5.57 Å². The monoisotopic (exact) mass is 457 g/mol. The zero-order valence-corrected chi connectivity index (χ0v) is 19.1. The van der Waals surface area contributed by atoms with Crippen LogP contribution in [0.3, 0.4) is 0 Å². The SMILES string of the molecule is CCN1C(=O)C(Nc2ccc(N3CCC(C)CC3)cc2)=C(c2ccc(Cl)cc2Cl)C1=O. The molecule has 1 N–H and O–H groups in total. The molecule has 2 amide bonds. The maximum Gasteiger partial charge on any atom is 0.278 e. The number of carbonyl (C=O) groups is 2. The van der Waals surface area contributed by atoms with Gasteiger partial charge in [0.15, 0.2) is 0 Å². The molecule has 31 heavy (non-hydrogen) atoms. The van der Waals surface area contributed by atoms with E-state index in [-0.39, 0.29) is 29.6 Å². The van der Waals surface area contributed by atoms with Crippen LogP contribution in [0.4, 0.5) is 11.4 Å². The summed E-state index contributed by atoms with van der Waals surface area (Å²) >= 11 is 12.4. The summed E-state index contributed by atoms with van der Waals surface area (Å²) < 4.78 is 0. The van der Waals surface area contributed by atoms with Gasteiger partial charge in [-0.1, -0.05) is 36.2 Å². The Kier molecular flexibility index (Phi) is 6.26. The summed E-state index contributed by atoms with van der Waals surface area (Å²) in [4.78, 5) is 29.5. The number of nitrogens with one attached hydrogen (secondary N) is 1. The highest BCUT2D eigenvalue weighted by Crippen LogP contribution is 2.35. The number of hydrogen-bond acceptors (Lipinski definition) is 4. The van der Waals surface area contributed by atoms with Gasteiger partial charge in [-0.15, -0.1) is 0 Å². The fraction of sp³-hybridized carbons (Fsp3) is 0.333. The third-order valence-electron chi connectivity index (χ3n) is 5.97. The van der Waals surface area contributed by atoms with E-state index >= 15 is 0 Å². The maximum atomic E-state index is 13.0. The van der Waals surface area contributed by atoms with E-state index in [1.807, 2.05) is 24.3 Å². The lowest BCUT2D eigenvalue weighted by Crippen LogP contribution is -2.32. The van der Waals surface area contributed by atoms with E-state index in [1.165, 1.54) is 17.7 Å². The van der Waals surface area contributed by atoms with E-state index < -0.39 is 0 Å². The van der Waals surface area contributed by atoms with Gasteiger partial charge in [0, 0.05) is 41.6 Å². The molecule has 2 aromatic carbocycles. The van der Waals surface area contributed by atoms with E-state index in [4.69, 9.17) is 23.2 Å². The molecule has 4 rings (SSSR count). The van der Waals surface area contributed by atoms with Gasteiger partial charge >= 0.3 is 0 Å². The van der Waals surface area contributed by atoms with Crippen molar-refractivity contribution in [1.29, 1.82) is 0 Å². The Bertz CT molecular complexity index is 1040. The quantitative estimate of drug-likeness (QED) is 0.607. The van der Waals surface area contributed by atoms with E-state index in [0.717, 1.165) is 30.4 Å². The van der Waals surface area contributed by atoms with Crippen molar-refractivity contribution < 1.29 is 9.59 Å². The zero-order valence-electron chi connectivity index (χ0n) is 17.6. The number of piperidine rings is 1. The Morgan fingerprint density at radius 2 is 1.68 bits per heavy atom. The number of anilines is 2. The van der Waals surface area contributed by atoms with Gasteiger partial charge in [-0.2, -0.15) is 0 Å². The molecular formula is C24H25Cl2N3O2. The highest BCUT2D eigenvalue weighted by Gasteiger charge is 2.39. The van der Waals surface area contributed by atoms with Crippen molar-refractivity contribution in [3.05, 3.63) is 63.8 Å². The van der Waals surface area contributed by atoms with Crippen molar-refractivity contribution in [1.82, 2.24) is 4.90 Å². The lowest BCUT2D eigenvalue weighted by molar-refractivity contribution is -0.136. The Morgan fingerprint density at radius 1 is 1.00 bits per heavy atom. The van der Waals surface area contributed by atoms with Crippen LogP contribution in [0.15, 0.2) is 48.2 Å². The maximum absolute atomic E-state index is 13.0. The lowest BCUT2D eigenvalue weighted by atomic mass is 9.99. The number of amides is 2. The fourth-order valence-corrected chi connectivity index (χ4v) is 4.59. The molecule has 2 aliphatic rings. The summed E-state index contributed by atoms with van der Waals surface area (Å²) in [6.07, 6.45) is 2.39. The minimum Gasteiger partial charge on any atom is -0.372 e. The second-order valence-corrected chi connectivity index (χ2v) is 8.91. The molecule has 0 unspecified atom stereocenters. The molecule has 5 nitrogen and oxygen atoms in total. The number of nitrogens with zero attached hydrogens (tertiary/aromatic N) is 2. The third kappa shape index (κ3) is 4.30. The molecule has 0 atom stereocenters. The first kappa shape index (κ1) is 21.7. The third-order valence-corrected chi connectivity index (χ3v) is 6.52. The molecule has 0 saturated carbocycles. The molecule has 2 heterocycles. The van der Waals surface area contributed by atoms with Crippen LogP contribution < -0.4 is 10.2 Å². The molecule has 0 aliphatic carbocycles. The lowest BCUT2D eigenvalue weighted by Gasteiger charge is -2.32. The van der Waals surface area contributed by atoms with E-state index in [1.54, 1.807) is 25.1 Å². The number of benzene rings is 2. The molecule has 162 valence electrons. The average Bonchev–Trinajstić information content (AvgIpc) is 2.98. The number of imide groups is 1. The highest BCUT2D eigenvalue weighted by atomic mass is 35.5. The Hall–Kier alpha value is -2.50. The number of carbonyl (C=O) groups excluding carboxylic acids is 2. The van der Waals surface area contributed by atoms with E-state index in [9.17, 15) is 9.59 Å². The van der Waals surface area contributed by atoms with Gasteiger partial charge in [0.25, 0.3) is 11.8 Å². The van der Waals surface area contributed by atoms with Gasteiger partial charge in [-0.3, -0.25) is 14.5 Å². The van der Waals surface area contributed by atoms with E-state index in [0.29, 0.717) is 15.6 Å². The van der Waals surface area contributed by atoms with Crippen LogP contribution in [0.5, 0.6) is 0 Å². The topological polar surface area (TPSA) is 52.7 Å². The van der Waals surface area contributed by atoms with Gasteiger partial charge in [0.1, 0.15) is 5.70 Å². The van der Waals surface area contributed by atoms with Crippen molar-refractivity contribution >= 4 is 52.0 Å². The number of halogens is 2. The molecule has 0 spiro atoms. The molecule has 0 bridgehead atoms. The van der Waals surface area contributed by atoms with Crippen LogP contribution in [-0.2, 0) is 9.59 Å². The fourth-order valence-electron chi connectivity index (χ4n) is 4.09. The van der Waals surface area contributed by atoms with Crippen LogP contribution in [0, 0.1) is 5.92 Å². The average molecular weight is 458 g/mol. The van der Waals surface area contributed by atoms with Gasteiger partial charge < -0.3 is 10.2 Å². The molecule has 1 saturated heterocycles. The first-order valence-electron chi connectivity index (χ1n) is 10.6. The first-order chi connectivity index (χ1) is 14.9. The number of rotatable bonds is 5. The Labute approximate surface area is 192 Å². The Morgan fingerprint density at radius 3 is 2.29 bits per heavy atom. The molecule has 0 radical (unpaired) electrons. The second kappa shape index (κ2) is 8.93. The second-order valence-electron chi connectivity index (χ2n) is 8.07. The van der Waals surface area contributed by atoms with Crippen molar-refractivity contribution in [2.45, 2.75) is 26.7 Å². The van der Waals surface area contributed by atoms with Crippen LogP contribution in [0.1, 0.15) is 32.3 Å². The van der Waals surface area contributed by atoms with Crippen LogP contribution in [-0.4, -0.2) is 36.3 Å². The van der Waals surface area contributed by atoms with Crippen LogP contribution >= 0.6 is 23.2 Å². The van der Waals surface area contributed by atoms with Crippen molar-refractivity contribution in [2.24, 2.45) is 5.92 Å². The Balaban J connectivity index is 1.64. The summed E-state index contributed by atoms with van der Waals surface area (Å²) in [7, 11) is 0. The first-order valence-corrected chi connectivity index (χ1v) is 11.3. The van der Waals surface area contributed by atoms with E-state index in [2.05, 4.69) is 17.1 Å². The summed E-state index contributed by atoms with van der Waals surface area (Å²) in [5.74, 6) is 0.0514. The predicted octanol–water partition coefficient (Wildman–Crippen LogP) is 5.44. The van der Waals surface area contributed by atoms with Crippen molar-refractivity contribution in [2.75, 3.05) is 29.9 Å². The highest BCUT2D eigenvalue weighted by molar-refractivity contribution is 6.41. The summed E-state index contributed by atoms with van der Waals surface area (Å²) in [6, 6.07) is 12.9. The van der Waals surface area contributed by atoms with Gasteiger partial charge in [0.05, 0.1) is 10.6 Å². The smallest absolute Gasteiger partial charge is 0.278 e. The minimum absolute atomic E-state index is 0.232. The zero-order chi connectivity index (χ0) is 22.1. The summed E-state index contributed by atoms with van der Waals surface area (Å²) in [6.45, 7) is 6.45. The van der Waals surface area contributed by atoms with Crippen LogP contribution in [0.2, 0.25) is 10.0 Å². The van der Waals surface area contributed by atoms with Gasteiger partial charge in [-0.25, -0.2) is 0 Å². The predicted molar refractivity (Wildman–Crippen MR) is 126 cm³/mol. The molecule has 1 fully saturated rings. The summed E-state index contributed by atoms with van der Waals surface area (Å²) in [5, 5.41) is 3.97. The normalized spacial score (nSPS) is 17.7. The minimum atomic E-state index is -0.363. The van der Waals surface area contributed by atoms with Crippen molar-refractivity contribution in [3.63, 3.8) is 0 Å². The summed E-state index contributed by atoms with van der Waals surface area (Å²) in [5.41, 5.74) is 2.89.